The summed E-state index contributed by atoms with van der Waals surface area (Å²) in [4.78, 5) is 23.4. The lowest BCUT2D eigenvalue weighted by Gasteiger charge is -2.35. The van der Waals surface area contributed by atoms with Gasteiger partial charge in [0.15, 0.2) is 0 Å². The van der Waals surface area contributed by atoms with Crippen molar-refractivity contribution >= 4 is 34.3 Å². The van der Waals surface area contributed by atoms with Crippen LogP contribution in [0, 0.1) is 0 Å². The van der Waals surface area contributed by atoms with Crippen LogP contribution in [0.1, 0.15) is 17.2 Å². The molecule has 0 aromatic heterocycles. The lowest BCUT2D eigenvalue weighted by molar-refractivity contribution is -0.134. The fourth-order valence-electron chi connectivity index (χ4n) is 3.70. The fraction of sp³-hybridized carbons (Fsp3) is 0.273. The first kappa shape index (κ1) is 23.1. The number of hydrogen-bond donors (Lipinski definition) is 3. The van der Waals surface area contributed by atoms with Gasteiger partial charge in [0, 0.05) is 59.2 Å². The number of piperazine rings is 1. The summed E-state index contributed by atoms with van der Waals surface area (Å²) in [6, 6.07) is 14.1. The van der Waals surface area contributed by atoms with Crippen molar-refractivity contribution in [1.29, 1.82) is 0 Å². The highest BCUT2D eigenvalue weighted by Gasteiger charge is 2.31. The molecule has 2 unspecified atom stereocenters. The van der Waals surface area contributed by atoms with E-state index >= 15 is 0 Å². The standard InChI is InChI=1S/C18H19ClN2OS.C4H4O4/c19-14-5-6-18-15(12-14)16(21-9-7-20-8-10-21)11-13-3-1-2-4-17(13)23(18)22;5-3(6)1-2-4(7)8/h1-6,12,16,20H,7-11H2;1-2H,(H,5,6)(H,7,8)/b;2-1-. The fourth-order valence-corrected chi connectivity index (χ4v) is 5.31. The van der Waals surface area contributed by atoms with Gasteiger partial charge in [-0.25, -0.2) is 13.8 Å². The quantitative estimate of drug-likeness (QED) is 0.602. The Balaban J connectivity index is 0.000000293. The average molecular weight is 463 g/mol. The van der Waals surface area contributed by atoms with E-state index in [-0.39, 0.29) is 6.04 Å². The number of carboxylic acids is 2. The molecule has 0 spiro atoms. The van der Waals surface area contributed by atoms with Gasteiger partial charge in [0.1, 0.15) is 0 Å². The Labute approximate surface area is 187 Å². The molecule has 0 amide bonds. The van der Waals surface area contributed by atoms with E-state index in [1.165, 1.54) is 5.56 Å². The van der Waals surface area contributed by atoms with Crippen LogP contribution in [0.3, 0.4) is 0 Å². The van der Waals surface area contributed by atoms with Crippen molar-refractivity contribution in [2.45, 2.75) is 22.3 Å². The third-order valence-corrected chi connectivity index (χ3v) is 6.88. The maximum Gasteiger partial charge on any atom is 0.328 e. The molecule has 2 aromatic carbocycles. The molecule has 0 radical (unpaired) electrons. The number of benzene rings is 2. The van der Waals surface area contributed by atoms with Crippen LogP contribution in [0.4, 0.5) is 0 Å². The van der Waals surface area contributed by atoms with Gasteiger partial charge < -0.3 is 15.5 Å². The maximum absolute atomic E-state index is 13.1. The number of fused-ring (bicyclic) bond motifs is 2. The van der Waals surface area contributed by atoms with E-state index in [4.69, 9.17) is 21.8 Å². The van der Waals surface area contributed by atoms with Gasteiger partial charge in [0.05, 0.1) is 10.8 Å². The van der Waals surface area contributed by atoms with Crippen molar-refractivity contribution in [1.82, 2.24) is 10.2 Å². The summed E-state index contributed by atoms with van der Waals surface area (Å²) in [6.45, 7) is 4.01. The summed E-state index contributed by atoms with van der Waals surface area (Å²) in [5.41, 5.74) is 2.30. The molecule has 2 heterocycles. The molecule has 0 bridgehead atoms. The van der Waals surface area contributed by atoms with Crippen molar-refractivity contribution in [3.63, 3.8) is 0 Å². The van der Waals surface area contributed by atoms with Gasteiger partial charge in [-0.3, -0.25) is 4.90 Å². The zero-order chi connectivity index (χ0) is 22.4. The summed E-state index contributed by atoms with van der Waals surface area (Å²) in [7, 11) is -1.14. The van der Waals surface area contributed by atoms with E-state index in [0.29, 0.717) is 17.2 Å². The zero-order valence-electron chi connectivity index (χ0n) is 16.7. The number of carboxylic acid groups (broad SMARTS) is 2. The second-order valence-corrected chi connectivity index (χ2v) is 8.93. The summed E-state index contributed by atoms with van der Waals surface area (Å²) in [5, 5.41) is 19.7. The number of carbonyl (C=O) groups is 2. The minimum atomic E-state index is -1.26. The molecule has 2 aliphatic heterocycles. The molecule has 31 heavy (non-hydrogen) atoms. The van der Waals surface area contributed by atoms with Crippen LogP contribution in [0.25, 0.3) is 0 Å². The van der Waals surface area contributed by atoms with E-state index in [1.807, 2.05) is 36.4 Å². The summed E-state index contributed by atoms with van der Waals surface area (Å²) < 4.78 is 13.1. The molecular formula is C22H23ClN2O5S. The van der Waals surface area contributed by atoms with Gasteiger partial charge >= 0.3 is 11.9 Å². The SMILES string of the molecule is O=C(O)/C=C\C(=O)O.O=S1c2ccccc2CC(N2CCNCC2)c2cc(Cl)ccc21. The first-order valence-corrected chi connectivity index (χ1v) is 11.3. The predicted octanol–water partition coefficient (Wildman–Crippen LogP) is 2.72. The van der Waals surface area contributed by atoms with Gasteiger partial charge in [-0.1, -0.05) is 29.8 Å². The van der Waals surface area contributed by atoms with Crippen molar-refractivity contribution < 1.29 is 24.0 Å². The molecular weight excluding hydrogens is 440 g/mol. The summed E-state index contributed by atoms with van der Waals surface area (Å²) in [6.07, 6.45) is 2.00. The van der Waals surface area contributed by atoms with E-state index < -0.39 is 22.7 Å². The monoisotopic (exact) mass is 462 g/mol. The van der Waals surface area contributed by atoms with E-state index in [2.05, 4.69) is 16.3 Å². The van der Waals surface area contributed by atoms with Gasteiger partial charge in [0.25, 0.3) is 0 Å². The molecule has 1 saturated heterocycles. The van der Waals surface area contributed by atoms with Crippen LogP contribution in [0.15, 0.2) is 64.4 Å². The lowest BCUT2D eigenvalue weighted by atomic mass is 9.97. The summed E-state index contributed by atoms with van der Waals surface area (Å²) in [5.74, 6) is -2.51. The molecule has 3 N–H and O–H groups in total. The number of nitrogens with one attached hydrogen (secondary N) is 1. The van der Waals surface area contributed by atoms with Crippen LogP contribution >= 0.6 is 11.6 Å². The molecule has 0 aliphatic carbocycles. The summed E-state index contributed by atoms with van der Waals surface area (Å²) >= 11 is 6.26. The molecule has 0 saturated carbocycles. The Kier molecular flexibility index (Phi) is 7.97. The topological polar surface area (TPSA) is 107 Å². The third-order valence-electron chi connectivity index (χ3n) is 5.08. The van der Waals surface area contributed by atoms with Crippen molar-refractivity contribution in [2.24, 2.45) is 0 Å². The smallest absolute Gasteiger partial charge is 0.328 e. The number of rotatable bonds is 3. The second kappa shape index (κ2) is 10.7. The minimum absolute atomic E-state index is 0.235. The molecule has 7 nitrogen and oxygen atoms in total. The Morgan fingerprint density at radius 2 is 1.68 bits per heavy atom. The van der Waals surface area contributed by atoms with Crippen molar-refractivity contribution in [2.75, 3.05) is 26.2 Å². The highest BCUT2D eigenvalue weighted by Crippen LogP contribution is 2.38. The average Bonchev–Trinajstić information content (AvgIpc) is 2.88. The van der Waals surface area contributed by atoms with Crippen LogP contribution in [0.5, 0.6) is 0 Å². The van der Waals surface area contributed by atoms with Crippen LogP contribution < -0.4 is 5.32 Å². The Hall–Kier alpha value is -2.52. The minimum Gasteiger partial charge on any atom is -0.478 e. The van der Waals surface area contributed by atoms with Crippen molar-refractivity contribution in [3.05, 3.63) is 70.8 Å². The van der Waals surface area contributed by atoms with Crippen LogP contribution in [-0.4, -0.2) is 57.4 Å². The molecule has 2 aromatic rings. The van der Waals surface area contributed by atoms with Gasteiger partial charge in [-0.2, -0.15) is 0 Å². The van der Waals surface area contributed by atoms with Crippen molar-refractivity contribution in [3.8, 4) is 0 Å². The predicted molar refractivity (Wildman–Crippen MR) is 118 cm³/mol. The van der Waals surface area contributed by atoms with E-state index in [1.54, 1.807) is 0 Å². The van der Waals surface area contributed by atoms with Gasteiger partial charge in [-0.15, -0.1) is 0 Å². The first-order chi connectivity index (χ1) is 14.9. The molecule has 1 fully saturated rings. The van der Waals surface area contributed by atoms with Gasteiger partial charge in [-0.05, 0) is 41.8 Å². The van der Waals surface area contributed by atoms with Crippen LogP contribution in [0.2, 0.25) is 5.02 Å². The normalized spacial score (nSPS) is 20.7. The zero-order valence-corrected chi connectivity index (χ0v) is 18.2. The van der Waals surface area contributed by atoms with Crippen LogP contribution in [-0.2, 0) is 26.8 Å². The largest absolute Gasteiger partial charge is 0.478 e. The number of aliphatic carboxylic acids is 2. The maximum atomic E-state index is 13.1. The Bertz CT molecular complexity index is 1000. The number of halogens is 1. The molecule has 2 aliphatic rings. The molecule has 2 atom stereocenters. The third kappa shape index (κ3) is 6.01. The number of nitrogens with zero attached hydrogens (tertiary/aromatic N) is 1. The van der Waals surface area contributed by atoms with E-state index in [0.717, 1.165) is 48.0 Å². The molecule has 164 valence electrons. The lowest BCUT2D eigenvalue weighted by Crippen LogP contribution is -2.45. The first-order valence-electron chi connectivity index (χ1n) is 9.74. The molecule has 4 rings (SSSR count). The van der Waals surface area contributed by atoms with E-state index in [9.17, 15) is 13.8 Å². The van der Waals surface area contributed by atoms with Gasteiger partial charge in [0.2, 0.25) is 0 Å². The Morgan fingerprint density at radius 1 is 1.03 bits per heavy atom. The highest BCUT2D eigenvalue weighted by molar-refractivity contribution is 7.85. The Morgan fingerprint density at radius 3 is 2.32 bits per heavy atom. The molecule has 9 heteroatoms. The highest BCUT2D eigenvalue weighted by atomic mass is 35.5. The number of hydrogen-bond acceptors (Lipinski definition) is 5. The second-order valence-electron chi connectivity index (χ2n) is 7.07.